The third-order valence-corrected chi connectivity index (χ3v) is 6.39. The van der Waals surface area contributed by atoms with Gasteiger partial charge >= 0.3 is 0 Å². The van der Waals surface area contributed by atoms with Crippen molar-refractivity contribution in [3.05, 3.63) is 24.3 Å². The van der Waals surface area contributed by atoms with Crippen LogP contribution in [0.4, 0.5) is 11.4 Å². The molecule has 138 valence electrons. The lowest BCUT2D eigenvalue weighted by atomic mass is 9.49. The van der Waals surface area contributed by atoms with E-state index in [1.165, 1.54) is 26.2 Å². The van der Waals surface area contributed by atoms with Crippen LogP contribution in [0, 0.1) is 23.2 Å². The summed E-state index contributed by atoms with van der Waals surface area (Å²) in [5, 5.41) is 9.07. The van der Waals surface area contributed by atoms with Gasteiger partial charge in [0.2, 0.25) is 11.8 Å². The van der Waals surface area contributed by atoms with Gasteiger partial charge < -0.3 is 16.0 Å². The summed E-state index contributed by atoms with van der Waals surface area (Å²) < 4.78 is 0. The van der Waals surface area contributed by atoms with Crippen molar-refractivity contribution in [2.75, 3.05) is 10.6 Å². The van der Waals surface area contributed by atoms with E-state index in [4.69, 9.17) is 12.2 Å². The molecule has 4 aliphatic rings. The Balaban J connectivity index is 1.39. The first-order valence-electron chi connectivity index (χ1n) is 9.42. The molecule has 0 heterocycles. The maximum atomic E-state index is 13.0. The number of nitrogens with one attached hydrogen (secondary N) is 3. The molecule has 6 heteroatoms. The summed E-state index contributed by atoms with van der Waals surface area (Å²) in [5.41, 5.74) is 1.23. The van der Waals surface area contributed by atoms with Crippen molar-refractivity contribution in [1.29, 1.82) is 0 Å². The lowest BCUT2D eigenvalue weighted by Crippen LogP contribution is -2.55. The number of carbonyl (C=O) groups excluding carboxylic acids is 2. The number of hydrogen-bond donors (Lipinski definition) is 3. The number of amides is 2. The fourth-order valence-electron chi connectivity index (χ4n) is 5.66. The van der Waals surface area contributed by atoms with E-state index in [0.29, 0.717) is 10.8 Å². The average Bonchev–Trinajstić information content (AvgIpc) is 2.53. The van der Waals surface area contributed by atoms with E-state index < -0.39 is 0 Å². The molecule has 0 spiro atoms. The van der Waals surface area contributed by atoms with Crippen LogP contribution in [0.5, 0.6) is 0 Å². The third kappa shape index (κ3) is 3.47. The first-order chi connectivity index (χ1) is 12.4. The molecule has 26 heavy (non-hydrogen) atoms. The highest BCUT2D eigenvalue weighted by Crippen LogP contribution is 2.60. The Kier molecular flexibility index (Phi) is 4.47. The Morgan fingerprint density at radius 3 is 2.08 bits per heavy atom. The Morgan fingerprint density at radius 2 is 1.54 bits per heavy atom. The van der Waals surface area contributed by atoms with Crippen molar-refractivity contribution in [3.63, 3.8) is 0 Å². The third-order valence-electron chi connectivity index (χ3n) is 6.19. The quantitative estimate of drug-likeness (QED) is 0.709. The van der Waals surface area contributed by atoms with Crippen molar-refractivity contribution < 1.29 is 9.59 Å². The largest absolute Gasteiger partial charge is 0.332 e. The van der Waals surface area contributed by atoms with Gasteiger partial charge in [0, 0.05) is 18.3 Å². The summed E-state index contributed by atoms with van der Waals surface area (Å²) in [7, 11) is 0. The summed E-state index contributed by atoms with van der Waals surface area (Å²) in [4.78, 5) is 24.2. The molecule has 0 atom stereocenters. The topological polar surface area (TPSA) is 70.2 Å². The molecule has 4 saturated carbocycles. The van der Waals surface area contributed by atoms with Gasteiger partial charge in [-0.15, -0.1) is 0 Å². The molecule has 0 radical (unpaired) electrons. The monoisotopic (exact) mass is 371 g/mol. The Labute approximate surface area is 159 Å². The number of rotatable bonds is 3. The van der Waals surface area contributed by atoms with E-state index in [9.17, 15) is 9.59 Å². The number of benzene rings is 1. The molecular formula is C20H25N3O2S. The highest BCUT2D eigenvalue weighted by Gasteiger charge is 2.54. The summed E-state index contributed by atoms with van der Waals surface area (Å²) in [6.07, 6.45) is 6.99. The molecule has 0 saturated heterocycles. The number of thiocarbonyl (C=S) groups is 1. The Morgan fingerprint density at radius 1 is 1.00 bits per heavy atom. The van der Waals surface area contributed by atoms with E-state index >= 15 is 0 Å². The van der Waals surface area contributed by atoms with Gasteiger partial charge in [0.05, 0.1) is 5.41 Å². The SMILES string of the molecule is CC(=O)Nc1cccc(NC(=S)NC(=O)C23CC4CC(CC(C4)C2)C3)c1. The second kappa shape index (κ2) is 6.65. The zero-order chi connectivity index (χ0) is 18.3. The lowest BCUT2D eigenvalue weighted by Gasteiger charge is -2.55. The van der Waals surface area contributed by atoms with Crippen molar-refractivity contribution in [1.82, 2.24) is 5.32 Å². The standard InChI is InChI=1S/C20H25N3O2S/c1-12(24)21-16-3-2-4-17(8-16)22-19(26)23-18(25)20-9-13-5-14(10-20)7-15(6-13)11-20/h2-4,8,13-15H,5-7,9-11H2,1H3,(H,21,24)(H2,22,23,25,26). The molecule has 3 N–H and O–H groups in total. The number of hydrogen-bond acceptors (Lipinski definition) is 3. The zero-order valence-electron chi connectivity index (χ0n) is 15.0. The van der Waals surface area contributed by atoms with Gasteiger partial charge in [0.1, 0.15) is 0 Å². The van der Waals surface area contributed by atoms with E-state index in [1.807, 2.05) is 18.2 Å². The van der Waals surface area contributed by atoms with Crippen molar-refractivity contribution in [2.45, 2.75) is 45.4 Å². The smallest absolute Gasteiger partial charge is 0.232 e. The molecule has 4 bridgehead atoms. The molecule has 0 aliphatic heterocycles. The predicted molar refractivity (Wildman–Crippen MR) is 106 cm³/mol. The van der Waals surface area contributed by atoms with E-state index in [1.54, 1.807) is 6.07 Å². The fourth-order valence-corrected chi connectivity index (χ4v) is 5.88. The minimum absolute atomic E-state index is 0.0899. The highest BCUT2D eigenvalue weighted by atomic mass is 32.1. The summed E-state index contributed by atoms with van der Waals surface area (Å²) in [6, 6.07) is 7.29. The molecule has 5 rings (SSSR count). The molecule has 0 aromatic heterocycles. The first-order valence-corrected chi connectivity index (χ1v) is 9.83. The zero-order valence-corrected chi connectivity index (χ0v) is 15.8. The van der Waals surface area contributed by atoms with Crippen molar-refractivity contribution in [3.8, 4) is 0 Å². The normalized spacial score (nSPS) is 31.3. The van der Waals surface area contributed by atoms with Crippen LogP contribution in [0.2, 0.25) is 0 Å². The van der Waals surface area contributed by atoms with Gasteiger partial charge in [-0.1, -0.05) is 6.07 Å². The Bertz CT molecular complexity index is 726. The number of carbonyl (C=O) groups is 2. The van der Waals surface area contributed by atoms with Gasteiger partial charge in [-0.05, 0) is 86.7 Å². The van der Waals surface area contributed by atoms with Gasteiger partial charge in [-0.25, -0.2) is 0 Å². The van der Waals surface area contributed by atoms with Crippen molar-refractivity contribution in [2.24, 2.45) is 23.2 Å². The van der Waals surface area contributed by atoms with Crippen LogP contribution < -0.4 is 16.0 Å². The average molecular weight is 372 g/mol. The molecule has 4 fully saturated rings. The second-order valence-electron chi connectivity index (χ2n) is 8.37. The molecule has 4 aliphatic carbocycles. The van der Waals surface area contributed by atoms with Crippen LogP contribution >= 0.6 is 12.2 Å². The maximum absolute atomic E-state index is 13.0. The van der Waals surface area contributed by atoms with E-state index in [2.05, 4.69) is 16.0 Å². The van der Waals surface area contributed by atoms with Crippen molar-refractivity contribution >= 4 is 40.5 Å². The molecular weight excluding hydrogens is 346 g/mol. The van der Waals surface area contributed by atoms with Gasteiger partial charge in [-0.2, -0.15) is 0 Å². The van der Waals surface area contributed by atoms with Gasteiger partial charge in [0.15, 0.2) is 5.11 Å². The van der Waals surface area contributed by atoms with E-state index in [0.717, 1.165) is 42.7 Å². The van der Waals surface area contributed by atoms with Gasteiger partial charge in [-0.3, -0.25) is 9.59 Å². The molecule has 1 aromatic rings. The lowest BCUT2D eigenvalue weighted by molar-refractivity contribution is -0.144. The summed E-state index contributed by atoms with van der Waals surface area (Å²) in [6.45, 7) is 1.47. The second-order valence-corrected chi connectivity index (χ2v) is 8.78. The summed E-state index contributed by atoms with van der Waals surface area (Å²) in [5.74, 6) is 2.14. The molecule has 2 amide bonds. The summed E-state index contributed by atoms with van der Waals surface area (Å²) >= 11 is 5.37. The Hall–Kier alpha value is -1.95. The van der Waals surface area contributed by atoms with E-state index in [-0.39, 0.29) is 17.2 Å². The minimum atomic E-state index is -0.210. The van der Waals surface area contributed by atoms with Crippen LogP contribution in [0.1, 0.15) is 45.4 Å². The maximum Gasteiger partial charge on any atom is 0.232 e. The van der Waals surface area contributed by atoms with Crippen LogP contribution in [0.3, 0.4) is 0 Å². The number of anilines is 2. The minimum Gasteiger partial charge on any atom is -0.332 e. The fraction of sp³-hybridized carbons (Fsp3) is 0.550. The van der Waals surface area contributed by atoms with Crippen LogP contribution in [0.25, 0.3) is 0 Å². The molecule has 0 unspecified atom stereocenters. The first kappa shape index (κ1) is 17.5. The molecule has 1 aromatic carbocycles. The molecule has 5 nitrogen and oxygen atoms in total. The van der Waals surface area contributed by atoms with Crippen LogP contribution in [0.15, 0.2) is 24.3 Å². The highest BCUT2D eigenvalue weighted by molar-refractivity contribution is 7.80. The predicted octanol–water partition coefficient (Wildman–Crippen LogP) is 3.67. The van der Waals surface area contributed by atoms with Crippen LogP contribution in [-0.2, 0) is 9.59 Å². The van der Waals surface area contributed by atoms with Crippen LogP contribution in [-0.4, -0.2) is 16.9 Å². The van der Waals surface area contributed by atoms with Gasteiger partial charge in [0.25, 0.3) is 0 Å².